The van der Waals surface area contributed by atoms with E-state index in [1.165, 1.54) is 11.8 Å². The second-order valence-electron chi connectivity index (χ2n) is 4.05. The molecule has 0 radical (unpaired) electrons. The molecular weight excluding hydrogens is 270 g/mol. The molecule has 1 N–H and O–H groups in total. The normalized spacial score (nSPS) is 30.4. The summed E-state index contributed by atoms with van der Waals surface area (Å²) in [4.78, 5) is 12.0. The van der Waals surface area contributed by atoms with Crippen LogP contribution in [0.25, 0.3) is 0 Å². The Morgan fingerprint density at radius 2 is 2.11 bits per heavy atom. The number of hydrogen-bond donors (Lipinski definition) is 1. The maximum atomic E-state index is 12.1. The Bertz CT molecular complexity index is 468. The summed E-state index contributed by atoms with van der Waals surface area (Å²) >= 11 is 7.68. The van der Waals surface area contributed by atoms with Crippen molar-refractivity contribution in [3.63, 3.8) is 0 Å². The van der Waals surface area contributed by atoms with E-state index in [1.807, 2.05) is 37.3 Å². The summed E-state index contributed by atoms with van der Waals surface area (Å²) in [5.74, 6) is -0.218. The largest absolute Gasteiger partial charge is 0.356 e. The molecule has 18 heavy (non-hydrogen) atoms. The Morgan fingerprint density at radius 3 is 2.61 bits per heavy atom. The highest BCUT2D eigenvalue weighted by atomic mass is 35.5. The highest BCUT2D eigenvalue weighted by Gasteiger charge is 2.52. The van der Waals surface area contributed by atoms with Crippen molar-refractivity contribution in [2.45, 2.75) is 28.1 Å². The number of thioether (sulfide) groups is 1. The van der Waals surface area contributed by atoms with E-state index in [1.54, 1.807) is 7.05 Å². The molecule has 2 rings (SSSR count). The fourth-order valence-electron chi connectivity index (χ4n) is 1.76. The lowest BCUT2D eigenvalue weighted by atomic mass is 10.1. The number of azo groups is 1. The van der Waals surface area contributed by atoms with E-state index in [9.17, 15) is 4.79 Å². The van der Waals surface area contributed by atoms with Gasteiger partial charge < -0.3 is 5.32 Å². The molecule has 1 aromatic carbocycles. The minimum absolute atomic E-state index is 0.167. The molecule has 4 nitrogen and oxygen atoms in total. The molecule has 0 saturated carbocycles. The summed E-state index contributed by atoms with van der Waals surface area (Å²) in [6.07, 6.45) is 0. The number of benzene rings is 1. The first-order valence-corrected chi connectivity index (χ1v) is 6.88. The number of nitrogens with one attached hydrogen (secondary N) is 1. The molecule has 1 heterocycles. The molecule has 96 valence electrons. The van der Waals surface area contributed by atoms with Crippen LogP contribution in [0, 0.1) is 0 Å². The summed E-state index contributed by atoms with van der Waals surface area (Å²) in [7, 11) is 1.58. The number of nitrogens with zero attached hydrogens (tertiary/aromatic N) is 2. The third-order valence-electron chi connectivity index (χ3n) is 2.75. The summed E-state index contributed by atoms with van der Waals surface area (Å²) in [5, 5.41) is 10.4. The zero-order valence-corrected chi connectivity index (χ0v) is 11.7. The minimum Gasteiger partial charge on any atom is -0.356 e. The average Bonchev–Trinajstić information content (AvgIpc) is 2.68. The van der Waals surface area contributed by atoms with Gasteiger partial charge in [-0.25, -0.2) is 0 Å². The molecule has 0 aromatic heterocycles. The first-order valence-electron chi connectivity index (χ1n) is 5.62. The van der Waals surface area contributed by atoms with E-state index in [0.717, 1.165) is 4.90 Å². The number of likely N-dealkylation sites (N-methyl/N-ethyl adjacent to an activating group) is 1. The van der Waals surface area contributed by atoms with E-state index in [0.29, 0.717) is 0 Å². The van der Waals surface area contributed by atoms with Crippen molar-refractivity contribution in [1.82, 2.24) is 5.32 Å². The molecule has 1 amide bonds. The highest BCUT2D eigenvalue weighted by molar-refractivity contribution is 8.01. The minimum atomic E-state index is -1.07. The SMILES string of the molecule is CNC(=O)[C@@]1(Sc2ccccc2)N=N[C@@H](C)[C@@H]1Cl. The van der Waals surface area contributed by atoms with Gasteiger partial charge in [-0.05, 0) is 19.1 Å². The van der Waals surface area contributed by atoms with E-state index in [4.69, 9.17) is 11.6 Å². The van der Waals surface area contributed by atoms with Gasteiger partial charge in [0, 0.05) is 11.9 Å². The van der Waals surface area contributed by atoms with Gasteiger partial charge in [0.05, 0.1) is 6.04 Å². The molecule has 0 unspecified atom stereocenters. The number of halogens is 1. The van der Waals surface area contributed by atoms with Crippen molar-refractivity contribution in [1.29, 1.82) is 0 Å². The molecule has 6 heteroatoms. The molecule has 1 aliphatic heterocycles. The van der Waals surface area contributed by atoms with Crippen LogP contribution in [0.4, 0.5) is 0 Å². The van der Waals surface area contributed by atoms with Crippen molar-refractivity contribution in [2.75, 3.05) is 7.05 Å². The van der Waals surface area contributed by atoms with E-state index >= 15 is 0 Å². The molecule has 0 bridgehead atoms. The lowest BCUT2D eigenvalue weighted by Gasteiger charge is -2.26. The van der Waals surface area contributed by atoms with Gasteiger partial charge in [0.25, 0.3) is 5.91 Å². The zero-order chi connectivity index (χ0) is 13.2. The first kappa shape index (κ1) is 13.4. The number of carbonyl (C=O) groups excluding carboxylic acids is 1. The smallest absolute Gasteiger partial charge is 0.262 e. The Balaban J connectivity index is 2.33. The summed E-state index contributed by atoms with van der Waals surface area (Å²) in [6, 6.07) is 9.44. The second-order valence-corrected chi connectivity index (χ2v) is 5.82. The van der Waals surface area contributed by atoms with Crippen LogP contribution in [0.3, 0.4) is 0 Å². The van der Waals surface area contributed by atoms with E-state index in [-0.39, 0.29) is 11.9 Å². The standard InChI is InChI=1S/C12H14ClN3OS/c1-8-10(13)12(16-15-8,11(17)14-2)18-9-6-4-3-5-7-9/h3-8,10H,1-2H3,(H,14,17)/t8-,10-,12+/m0/s1. The number of alkyl halides is 1. The average molecular weight is 284 g/mol. The molecular formula is C12H14ClN3OS. The maximum absolute atomic E-state index is 12.1. The van der Waals surface area contributed by atoms with Crippen molar-refractivity contribution < 1.29 is 4.79 Å². The monoisotopic (exact) mass is 283 g/mol. The zero-order valence-electron chi connectivity index (χ0n) is 10.1. The van der Waals surface area contributed by atoms with Crippen molar-refractivity contribution >= 4 is 29.3 Å². The summed E-state index contributed by atoms with van der Waals surface area (Å²) in [6.45, 7) is 1.86. The third-order valence-corrected chi connectivity index (χ3v) is 4.90. The van der Waals surface area contributed by atoms with Gasteiger partial charge in [0.2, 0.25) is 4.87 Å². The molecule has 0 fully saturated rings. The van der Waals surface area contributed by atoms with Crippen LogP contribution in [0.5, 0.6) is 0 Å². The third kappa shape index (κ3) is 2.24. The van der Waals surface area contributed by atoms with Gasteiger partial charge in [-0.2, -0.15) is 10.2 Å². The van der Waals surface area contributed by atoms with Crippen LogP contribution < -0.4 is 5.32 Å². The van der Waals surface area contributed by atoms with E-state index in [2.05, 4.69) is 15.5 Å². The fourth-order valence-corrected chi connectivity index (χ4v) is 3.33. The second kappa shape index (κ2) is 5.28. The number of hydrogen-bond acceptors (Lipinski definition) is 4. The van der Waals surface area contributed by atoms with Crippen LogP contribution in [-0.4, -0.2) is 29.2 Å². The van der Waals surface area contributed by atoms with Gasteiger partial charge in [-0.15, -0.1) is 11.6 Å². The predicted octanol–water partition coefficient (Wildman–Crippen LogP) is 2.68. The van der Waals surface area contributed by atoms with Crippen molar-refractivity contribution in [3.05, 3.63) is 30.3 Å². The van der Waals surface area contributed by atoms with Gasteiger partial charge >= 0.3 is 0 Å². The number of rotatable bonds is 3. The fraction of sp³-hybridized carbons (Fsp3) is 0.417. The number of amides is 1. The summed E-state index contributed by atoms with van der Waals surface area (Å²) < 4.78 is 0. The topological polar surface area (TPSA) is 53.8 Å². The Morgan fingerprint density at radius 1 is 1.44 bits per heavy atom. The van der Waals surface area contributed by atoms with Crippen LogP contribution in [0.2, 0.25) is 0 Å². The van der Waals surface area contributed by atoms with Crippen LogP contribution in [0.15, 0.2) is 45.5 Å². The lowest BCUT2D eigenvalue weighted by molar-refractivity contribution is -0.122. The van der Waals surface area contributed by atoms with Gasteiger partial charge in [-0.3, -0.25) is 4.79 Å². The summed E-state index contributed by atoms with van der Waals surface area (Å²) in [5.41, 5.74) is 0. The molecule has 3 atom stereocenters. The number of carbonyl (C=O) groups is 1. The molecule has 0 aliphatic carbocycles. The van der Waals surface area contributed by atoms with E-state index < -0.39 is 10.2 Å². The van der Waals surface area contributed by atoms with Crippen LogP contribution in [-0.2, 0) is 4.79 Å². The van der Waals surface area contributed by atoms with Crippen LogP contribution >= 0.6 is 23.4 Å². The predicted molar refractivity (Wildman–Crippen MR) is 73.1 cm³/mol. The van der Waals surface area contributed by atoms with Gasteiger partial charge in [0.15, 0.2) is 0 Å². The van der Waals surface area contributed by atoms with Gasteiger partial charge in [0.1, 0.15) is 5.38 Å². The lowest BCUT2D eigenvalue weighted by Crippen LogP contribution is -2.48. The quantitative estimate of drug-likeness (QED) is 0.867. The van der Waals surface area contributed by atoms with Gasteiger partial charge in [-0.1, -0.05) is 30.0 Å². The molecule has 1 aliphatic rings. The Kier molecular flexibility index (Phi) is 3.92. The molecule has 1 aromatic rings. The first-order chi connectivity index (χ1) is 8.60. The highest BCUT2D eigenvalue weighted by Crippen LogP contribution is 2.45. The van der Waals surface area contributed by atoms with Crippen molar-refractivity contribution in [3.8, 4) is 0 Å². The van der Waals surface area contributed by atoms with Crippen molar-refractivity contribution in [2.24, 2.45) is 10.2 Å². The Labute approximate surface area is 115 Å². The van der Waals surface area contributed by atoms with Crippen LogP contribution in [0.1, 0.15) is 6.92 Å². The Hall–Kier alpha value is -1.07. The molecule has 0 spiro atoms. The maximum Gasteiger partial charge on any atom is 0.262 e. The molecule has 0 saturated heterocycles.